The van der Waals surface area contributed by atoms with Crippen molar-refractivity contribution >= 4 is 10.9 Å². The fraction of sp³-hybridized carbons (Fsp3) is 0.438. The first-order chi connectivity index (χ1) is 8.86. The van der Waals surface area contributed by atoms with E-state index in [1.165, 1.54) is 30.2 Å². The van der Waals surface area contributed by atoms with Gasteiger partial charge in [0.2, 0.25) is 0 Å². The molecule has 1 saturated carbocycles. The van der Waals surface area contributed by atoms with Crippen LogP contribution in [0.2, 0.25) is 0 Å². The Labute approximate surface area is 108 Å². The highest BCUT2D eigenvalue weighted by Crippen LogP contribution is 2.35. The van der Waals surface area contributed by atoms with E-state index in [9.17, 15) is 0 Å². The van der Waals surface area contributed by atoms with E-state index in [2.05, 4.69) is 41.5 Å². The fourth-order valence-corrected chi connectivity index (χ4v) is 3.10. The van der Waals surface area contributed by atoms with Crippen LogP contribution < -0.4 is 5.32 Å². The average molecular weight is 240 g/mol. The molecule has 2 unspecified atom stereocenters. The molecule has 1 heterocycles. The molecule has 2 aromatic rings. The van der Waals surface area contributed by atoms with Crippen molar-refractivity contribution in [3.05, 3.63) is 42.1 Å². The second kappa shape index (κ2) is 5.07. The summed E-state index contributed by atoms with van der Waals surface area (Å²) >= 11 is 0. The number of hydrogen-bond donors (Lipinski definition) is 1. The molecule has 0 aliphatic heterocycles. The lowest BCUT2D eigenvalue weighted by Gasteiger charge is -2.12. The van der Waals surface area contributed by atoms with Gasteiger partial charge in [0.05, 0.1) is 5.52 Å². The second-order valence-electron chi connectivity index (χ2n) is 5.22. The lowest BCUT2D eigenvalue weighted by atomic mass is 9.96. The molecular weight excluding hydrogens is 220 g/mol. The van der Waals surface area contributed by atoms with Crippen molar-refractivity contribution in [1.29, 1.82) is 0 Å². The summed E-state index contributed by atoms with van der Waals surface area (Å²) < 4.78 is 0. The summed E-state index contributed by atoms with van der Waals surface area (Å²) in [5.41, 5.74) is 2.59. The molecule has 0 amide bonds. The number of nitrogens with zero attached hydrogens (tertiary/aromatic N) is 1. The molecule has 0 spiro atoms. The van der Waals surface area contributed by atoms with Gasteiger partial charge in [-0.2, -0.15) is 0 Å². The van der Waals surface area contributed by atoms with Gasteiger partial charge in [-0.05, 0) is 49.4 Å². The van der Waals surface area contributed by atoms with E-state index in [4.69, 9.17) is 0 Å². The maximum Gasteiger partial charge on any atom is 0.0704 e. The smallest absolute Gasteiger partial charge is 0.0704 e. The zero-order valence-electron chi connectivity index (χ0n) is 10.9. The van der Waals surface area contributed by atoms with Gasteiger partial charge in [0.15, 0.2) is 0 Å². The molecule has 1 aliphatic rings. The van der Waals surface area contributed by atoms with Crippen molar-refractivity contribution in [1.82, 2.24) is 10.3 Å². The van der Waals surface area contributed by atoms with Gasteiger partial charge in [-0.15, -0.1) is 0 Å². The molecule has 0 bridgehead atoms. The highest BCUT2D eigenvalue weighted by atomic mass is 14.9. The maximum absolute atomic E-state index is 4.45. The van der Waals surface area contributed by atoms with Gasteiger partial charge in [0, 0.05) is 17.6 Å². The summed E-state index contributed by atoms with van der Waals surface area (Å²) in [6.07, 6.45) is 5.75. The molecule has 94 valence electrons. The molecular formula is C16H20N2. The Morgan fingerprint density at radius 2 is 2.22 bits per heavy atom. The highest BCUT2D eigenvalue weighted by Gasteiger charge is 2.25. The minimum atomic E-state index is 0.708. The molecule has 3 rings (SSSR count). The van der Waals surface area contributed by atoms with Crippen LogP contribution in [0.25, 0.3) is 10.9 Å². The third-order valence-corrected chi connectivity index (χ3v) is 4.03. The van der Waals surface area contributed by atoms with E-state index in [1.54, 1.807) is 0 Å². The quantitative estimate of drug-likeness (QED) is 0.888. The standard InChI is InChI=1S/C16H20N2/c1-2-17-15-8-7-13(10-15)14-6-5-12-4-3-9-18-16(12)11-14/h3-6,9,11,13,15,17H,2,7-8,10H2,1H3. The minimum Gasteiger partial charge on any atom is -0.314 e. The zero-order valence-corrected chi connectivity index (χ0v) is 10.9. The van der Waals surface area contributed by atoms with Crippen LogP contribution in [0.3, 0.4) is 0 Å². The topological polar surface area (TPSA) is 24.9 Å². The number of fused-ring (bicyclic) bond motifs is 1. The molecule has 1 aromatic heterocycles. The van der Waals surface area contributed by atoms with Crippen LogP contribution in [0.15, 0.2) is 36.5 Å². The summed E-state index contributed by atoms with van der Waals surface area (Å²) in [5, 5.41) is 4.80. The van der Waals surface area contributed by atoms with Crippen molar-refractivity contribution in [2.75, 3.05) is 6.54 Å². The monoisotopic (exact) mass is 240 g/mol. The first-order valence-corrected chi connectivity index (χ1v) is 6.95. The van der Waals surface area contributed by atoms with Crippen molar-refractivity contribution in [3.63, 3.8) is 0 Å². The zero-order chi connectivity index (χ0) is 12.4. The van der Waals surface area contributed by atoms with E-state index in [0.717, 1.165) is 12.1 Å². The predicted octanol–water partition coefficient (Wildman–Crippen LogP) is 3.48. The predicted molar refractivity (Wildman–Crippen MR) is 75.8 cm³/mol. The lowest BCUT2D eigenvalue weighted by molar-refractivity contribution is 0.535. The van der Waals surface area contributed by atoms with Crippen LogP contribution in [0.4, 0.5) is 0 Å². The Hall–Kier alpha value is -1.41. The third kappa shape index (κ3) is 2.25. The summed E-state index contributed by atoms with van der Waals surface area (Å²) in [5.74, 6) is 0.709. The molecule has 18 heavy (non-hydrogen) atoms. The second-order valence-corrected chi connectivity index (χ2v) is 5.22. The molecule has 0 radical (unpaired) electrons. The third-order valence-electron chi connectivity index (χ3n) is 4.03. The van der Waals surface area contributed by atoms with Gasteiger partial charge in [0.1, 0.15) is 0 Å². The summed E-state index contributed by atoms with van der Waals surface area (Å²) in [4.78, 5) is 4.45. The van der Waals surface area contributed by atoms with E-state index >= 15 is 0 Å². The van der Waals surface area contributed by atoms with Gasteiger partial charge in [-0.1, -0.05) is 25.1 Å². The summed E-state index contributed by atoms with van der Waals surface area (Å²) in [6.45, 7) is 3.27. The number of nitrogens with one attached hydrogen (secondary N) is 1. The first kappa shape index (κ1) is 11.7. The highest BCUT2D eigenvalue weighted by molar-refractivity contribution is 5.79. The summed E-state index contributed by atoms with van der Waals surface area (Å²) in [7, 11) is 0. The van der Waals surface area contributed by atoms with Gasteiger partial charge in [-0.3, -0.25) is 4.98 Å². The van der Waals surface area contributed by atoms with Crippen LogP contribution in [-0.4, -0.2) is 17.6 Å². The van der Waals surface area contributed by atoms with Crippen LogP contribution >= 0.6 is 0 Å². The van der Waals surface area contributed by atoms with E-state index in [0.29, 0.717) is 12.0 Å². The van der Waals surface area contributed by atoms with Gasteiger partial charge in [-0.25, -0.2) is 0 Å². The van der Waals surface area contributed by atoms with E-state index in [-0.39, 0.29) is 0 Å². The Balaban J connectivity index is 1.82. The van der Waals surface area contributed by atoms with Crippen molar-refractivity contribution < 1.29 is 0 Å². The Bertz CT molecular complexity index is 535. The molecule has 1 aromatic carbocycles. The first-order valence-electron chi connectivity index (χ1n) is 6.95. The average Bonchev–Trinajstić information content (AvgIpc) is 2.87. The largest absolute Gasteiger partial charge is 0.314 e. The van der Waals surface area contributed by atoms with E-state index in [1.807, 2.05) is 12.3 Å². The molecule has 2 nitrogen and oxygen atoms in total. The molecule has 1 fully saturated rings. The van der Waals surface area contributed by atoms with Gasteiger partial charge in [0.25, 0.3) is 0 Å². The van der Waals surface area contributed by atoms with Crippen LogP contribution in [0, 0.1) is 0 Å². The minimum absolute atomic E-state index is 0.708. The van der Waals surface area contributed by atoms with Crippen molar-refractivity contribution in [2.45, 2.75) is 38.1 Å². The number of pyridine rings is 1. The Morgan fingerprint density at radius 3 is 3.11 bits per heavy atom. The van der Waals surface area contributed by atoms with Crippen molar-refractivity contribution in [2.24, 2.45) is 0 Å². The number of hydrogen-bond acceptors (Lipinski definition) is 2. The number of benzene rings is 1. The van der Waals surface area contributed by atoms with Crippen molar-refractivity contribution in [3.8, 4) is 0 Å². The Morgan fingerprint density at radius 1 is 1.28 bits per heavy atom. The SMILES string of the molecule is CCNC1CCC(c2ccc3cccnc3c2)C1. The van der Waals surface area contributed by atoms with E-state index < -0.39 is 0 Å². The molecule has 2 atom stereocenters. The molecule has 0 saturated heterocycles. The lowest BCUT2D eigenvalue weighted by Crippen LogP contribution is -2.25. The van der Waals surface area contributed by atoms with Crippen LogP contribution in [0.5, 0.6) is 0 Å². The van der Waals surface area contributed by atoms with Gasteiger partial charge < -0.3 is 5.32 Å². The number of rotatable bonds is 3. The maximum atomic E-state index is 4.45. The Kier molecular flexibility index (Phi) is 3.28. The summed E-state index contributed by atoms with van der Waals surface area (Å²) in [6, 6.07) is 11.6. The normalized spacial score (nSPS) is 23.6. The number of aromatic nitrogens is 1. The fourth-order valence-electron chi connectivity index (χ4n) is 3.10. The molecule has 1 aliphatic carbocycles. The van der Waals surface area contributed by atoms with Crippen LogP contribution in [0.1, 0.15) is 37.7 Å². The van der Waals surface area contributed by atoms with Crippen LogP contribution in [-0.2, 0) is 0 Å². The molecule has 1 N–H and O–H groups in total. The van der Waals surface area contributed by atoms with Gasteiger partial charge >= 0.3 is 0 Å². The molecule has 2 heteroatoms.